The number of pyridine rings is 1. The fourth-order valence-electron chi connectivity index (χ4n) is 1.82. The van der Waals surface area contributed by atoms with Crippen LogP contribution >= 0.6 is 0 Å². The van der Waals surface area contributed by atoms with Crippen LogP contribution in [0.25, 0.3) is 0 Å². The summed E-state index contributed by atoms with van der Waals surface area (Å²) in [5, 5.41) is 0. The normalized spacial score (nSPS) is 10.4. The summed E-state index contributed by atoms with van der Waals surface area (Å²) < 4.78 is 0. The van der Waals surface area contributed by atoms with Crippen LogP contribution in [0.1, 0.15) is 18.1 Å². The predicted octanol–water partition coefficient (Wildman–Crippen LogP) is 2.87. The Labute approximate surface area is 108 Å². The van der Waals surface area contributed by atoms with Crippen molar-refractivity contribution >= 4 is 11.5 Å². The van der Waals surface area contributed by atoms with E-state index in [0.29, 0.717) is 6.54 Å². The summed E-state index contributed by atoms with van der Waals surface area (Å²) in [6.07, 6.45) is 2.89. The van der Waals surface area contributed by atoms with E-state index in [-0.39, 0.29) is 0 Å². The number of anilines is 2. The molecule has 3 heteroatoms. The second kappa shape index (κ2) is 5.65. The van der Waals surface area contributed by atoms with Crippen LogP contribution in [0.2, 0.25) is 0 Å². The zero-order valence-electron chi connectivity index (χ0n) is 10.9. The fraction of sp³-hybridized carbons (Fsp3) is 0.267. The third-order valence-electron chi connectivity index (χ3n) is 3.12. The average molecular weight is 241 g/mol. The molecular weight excluding hydrogens is 222 g/mol. The minimum absolute atomic E-state index is 0.530. The lowest BCUT2D eigenvalue weighted by atomic mass is 10.1. The summed E-state index contributed by atoms with van der Waals surface area (Å²) in [4.78, 5) is 6.48. The van der Waals surface area contributed by atoms with Crippen molar-refractivity contribution in [2.75, 3.05) is 11.9 Å². The molecule has 0 spiro atoms. The molecule has 18 heavy (non-hydrogen) atoms. The van der Waals surface area contributed by atoms with Crippen LogP contribution in [-0.2, 0) is 13.0 Å². The topological polar surface area (TPSA) is 42.1 Å². The molecule has 2 rings (SSSR count). The van der Waals surface area contributed by atoms with Gasteiger partial charge in [-0.2, -0.15) is 0 Å². The van der Waals surface area contributed by atoms with E-state index < -0.39 is 0 Å². The van der Waals surface area contributed by atoms with Crippen molar-refractivity contribution in [3.05, 3.63) is 53.7 Å². The van der Waals surface area contributed by atoms with Gasteiger partial charge in [0.05, 0.1) is 0 Å². The highest BCUT2D eigenvalue weighted by molar-refractivity contribution is 5.59. The second-order valence-corrected chi connectivity index (χ2v) is 4.31. The van der Waals surface area contributed by atoms with Crippen molar-refractivity contribution in [3.63, 3.8) is 0 Å². The number of nitrogens with two attached hydrogens (primary N) is 1. The molecule has 0 atom stereocenters. The third-order valence-corrected chi connectivity index (χ3v) is 3.12. The number of aromatic nitrogens is 1. The van der Waals surface area contributed by atoms with E-state index in [0.717, 1.165) is 23.5 Å². The Hall–Kier alpha value is -1.87. The molecule has 1 aromatic carbocycles. The van der Waals surface area contributed by atoms with Crippen LogP contribution in [0.4, 0.5) is 11.5 Å². The van der Waals surface area contributed by atoms with Gasteiger partial charge in [-0.3, -0.25) is 0 Å². The molecular formula is C15H19N3. The van der Waals surface area contributed by atoms with Crippen molar-refractivity contribution in [2.45, 2.75) is 19.9 Å². The van der Waals surface area contributed by atoms with Gasteiger partial charge in [-0.15, -0.1) is 0 Å². The first kappa shape index (κ1) is 12.6. The maximum atomic E-state index is 5.57. The second-order valence-electron chi connectivity index (χ2n) is 4.31. The molecule has 94 valence electrons. The van der Waals surface area contributed by atoms with E-state index in [9.17, 15) is 0 Å². The van der Waals surface area contributed by atoms with Gasteiger partial charge in [0.2, 0.25) is 0 Å². The molecule has 0 aliphatic heterocycles. The van der Waals surface area contributed by atoms with Gasteiger partial charge in [0, 0.05) is 25.5 Å². The average Bonchev–Trinajstić information content (AvgIpc) is 2.47. The summed E-state index contributed by atoms with van der Waals surface area (Å²) in [6, 6.07) is 12.6. The number of hydrogen-bond acceptors (Lipinski definition) is 3. The molecule has 0 aliphatic carbocycles. The molecule has 1 heterocycles. The van der Waals surface area contributed by atoms with Crippen molar-refractivity contribution < 1.29 is 0 Å². The van der Waals surface area contributed by atoms with Gasteiger partial charge in [0.15, 0.2) is 0 Å². The molecule has 0 fully saturated rings. The van der Waals surface area contributed by atoms with Gasteiger partial charge in [-0.25, -0.2) is 4.98 Å². The number of nitrogens with zero attached hydrogens (tertiary/aromatic N) is 2. The molecule has 3 nitrogen and oxygen atoms in total. The third kappa shape index (κ3) is 2.68. The molecule has 2 N–H and O–H groups in total. The van der Waals surface area contributed by atoms with Crippen LogP contribution in [-0.4, -0.2) is 12.0 Å². The molecule has 0 unspecified atom stereocenters. The van der Waals surface area contributed by atoms with E-state index in [1.807, 2.05) is 25.4 Å². The Balaban J connectivity index is 2.20. The van der Waals surface area contributed by atoms with E-state index >= 15 is 0 Å². The minimum Gasteiger partial charge on any atom is -0.329 e. The largest absolute Gasteiger partial charge is 0.329 e. The zero-order valence-corrected chi connectivity index (χ0v) is 10.9. The van der Waals surface area contributed by atoms with Gasteiger partial charge in [-0.05, 0) is 35.7 Å². The Bertz CT molecular complexity index is 441. The molecule has 0 saturated heterocycles. The summed E-state index contributed by atoms with van der Waals surface area (Å²) >= 11 is 0. The van der Waals surface area contributed by atoms with Crippen LogP contribution in [0.3, 0.4) is 0 Å². The molecule has 0 radical (unpaired) electrons. The highest BCUT2D eigenvalue weighted by Gasteiger charge is 2.04. The number of benzene rings is 1. The monoisotopic (exact) mass is 241 g/mol. The van der Waals surface area contributed by atoms with Crippen molar-refractivity contribution in [1.82, 2.24) is 4.98 Å². The Morgan fingerprint density at radius 1 is 1.06 bits per heavy atom. The summed E-state index contributed by atoms with van der Waals surface area (Å²) in [7, 11) is 2.02. The van der Waals surface area contributed by atoms with Gasteiger partial charge >= 0.3 is 0 Å². The van der Waals surface area contributed by atoms with Crippen molar-refractivity contribution in [1.29, 1.82) is 0 Å². The maximum absolute atomic E-state index is 5.57. The van der Waals surface area contributed by atoms with E-state index in [1.165, 1.54) is 5.56 Å². The number of hydrogen-bond donors (Lipinski definition) is 1. The van der Waals surface area contributed by atoms with Gasteiger partial charge in [-0.1, -0.05) is 25.1 Å². The Morgan fingerprint density at radius 2 is 1.72 bits per heavy atom. The van der Waals surface area contributed by atoms with Crippen molar-refractivity contribution in [2.24, 2.45) is 5.73 Å². The van der Waals surface area contributed by atoms with E-state index in [2.05, 4.69) is 41.1 Å². The summed E-state index contributed by atoms with van der Waals surface area (Å²) in [5.74, 6) is 0.927. The predicted molar refractivity (Wildman–Crippen MR) is 76.0 cm³/mol. The lowest BCUT2D eigenvalue weighted by Gasteiger charge is -2.18. The highest BCUT2D eigenvalue weighted by atomic mass is 15.2. The smallest absolute Gasteiger partial charge is 0.132 e. The first-order chi connectivity index (χ1) is 8.74. The highest BCUT2D eigenvalue weighted by Crippen LogP contribution is 2.22. The molecule has 0 aliphatic rings. The number of aryl methyl sites for hydroxylation is 1. The SMILES string of the molecule is CCc1ccc(N(C)c2ccc(CN)cn2)cc1. The van der Waals surface area contributed by atoms with Gasteiger partial charge in [0.25, 0.3) is 0 Å². The lowest BCUT2D eigenvalue weighted by molar-refractivity contribution is 1.03. The molecule has 1 aromatic heterocycles. The zero-order chi connectivity index (χ0) is 13.0. The quantitative estimate of drug-likeness (QED) is 0.895. The van der Waals surface area contributed by atoms with Crippen LogP contribution in [0.15, 0.2) is 42.6 Å². The fourth-order valence-corrected chi connectivity index (χ4v) is 1.82. The van der Waals surface area contributed by atoms with Gasteiger partial charge < -0.3 is 10.6 Å². The molecule has 2 aromatic rings. The first-order valence-corrected chi connectivity index (χ1v) is 6.22. The first-order valence-electron chi connectivity index (χ1n) is 6.22. The van der Waals surface area contributed by atoms with Crippen LogP contribution in [0, 0.1) is 0 Å². The van der Waals surface area contributed by atoms with Crippen LogP contribution in [0.5, 0.6) is 0 Å². The van der Waals surface area contributed by atoms with E-state index in [4.69, 9.17) is 5.73 Å². The standard InChI is InChI=1S/C15H19N3/c1-3-12-4-7-14(8-5-12)18(2)15-9-6-13(10-16)11-17-15/h4-9,11H,3,10,16H2,1-2H3. The van der Waals surface area contributed by atoms with E-state index in [1.54, 1.807) is 0 Å². The summed E-state index contributed by atoms with van der Waals surface area (Å²) in [6.45, 7) is 2.69. The van der Waals surface area contributed by atoms with Gasteiger partial charge in [0.1, 0.15) is 5.82 Å². The maximum Gasteiger partial charge on any atom is 0.132 e. The minimum atomic E-state index is 0.530. The summed E-state index contributed by atoms with van der Waals surface area (Å²) in [5.41, 5.74) is 9.10. The van der Waals surface area contributed by atoms with Crippen LogP contribution < -0.4 is 10.6 Å². The van der Waals surface area contributed by atoms with Crippen molar-refractivity contribution in [3.8, 4) is 0 Å². The Morgan fingerprint density at radius 3 is 2.22 bits per heavy atom. The lowest BCUT2D eigenvalue weighted by Crippen LogP contribution is -2.11. The molecule has 0 bridgehead atoms. The molecule has 0 amide bonds. The molecule has 0 saturated carbocycles. The number of rotatable bonds is 4. The Kier molecular flexibility index (Phi) is 3.95.